The van der Waals surface area contributed by atoms with Crippen LogP contribution in [0.25, 0.3) is 0 Å². The van der Waals surface area contributed by atoms with Crippen molar-refractivity contribution in [2.45, 2.75) is 32.0 Å². The number of halogens is 3. The fourth-order valence-electron chi connectivity index (χ4n) is 3.60. The number of alkyl halides is 3. The Morgan fingerprint density at radius 3 is 2.59 bits per heavy atom. The maximum Gasteiger partial charge on any atom is 0.418 e. The molecule has 2 amide bonds. The molecule has 2 aromatic carbocycles. The molecule has 1 aliphatic heterocycles. The Morgan fingerprint density at radius 1 is 1.09 bits per heavy atom. The van der Waals surface area contributed by atoms with Crippen LogP contribution in [0.3, 0.4) is 0 Å². The van der Waals surface area contributed by atoms with E-state index in [1.54, 1.807) is 12.1 Å². The van der Waals surface area contributed by atoms with Crippen LogP contribution in [0, 0.1) is 0 Å². The Hall–Kier alpha value is -3.95. The van der Waals surface area contributed by atoms with Gasteiger partial charge in [-0.2, -0.15) is 13.2 Å². The molecule has 7 nitrogen and oxygen atoms in total. The summed E-state index contributed by atoms with van der Waals surface area (Å²) in [5, 5.41) is 4.55. The number of furan rings is 1. The van der Waals surface area contributed by atoms with Gasteiger partial charge in [-0.3, -0.25) is 9.59 Å². The summed E-state index contributed by atoms with van der Waals surface area (Å²) >= 11 is 0. The summed E-state index contributed by atoms with van der Waals surface area (Å²) in [6.45, 7) is 3.32. The monoisotopic (exact) mass is 474 g/mol. The number of hydrogen-bond acceptors (Lipinski definition) is 5. The number of benzene rings is 2. The Labute approximate surface area is 192 Å². The number of ether oxygens (including phenoxy) is 2. The lowest BCUT2D eigenvalue weighted by Crippen LogP contribution is -2.25. The first-order chi connectivity index (χ1) is 16.0. The van der Waals surface area contributed by atoms with Gasteiger partial charge in [-0.05, 0) is 50.2 Å². The number of carbonyl (C=O) groups is 2. The van der Waals surface area contributed by atoms with Gasteiger partial charge in [0.25, 0.3) is 11.8 Å². The molecule has 0 spiro atoms. The number of amides is 2. The van der Waals surface area contributed by atoms with E-state index >= 15 is 0 Å². The molecule has 0 saturated heterocycles. The van der Waals surface area contributed by atoms with E-state index < -0.39 is 41.4 Å². The summed E-state index contributed by atoms with van der Waals surface area (Å²) in [6.07, 6.45) is -2.84. The molecule has 0 radical (unpaired) electrons. The third kappa shape index (κ3) is 5.16. The number of nitrogens with one attached hydrogen (secondary N) is 2. The van der Waals surface area contributed by atoms with E-state index in [-0.39, 0.29) is 11.4 Å². The topological polar surface area (TPSA) is 89.8 Å². The second-order valence-electron chi connectivity index (χ2n) is 8.31. The highest BCUT2D eigenvalue weighted by Gasteiger charge is 2.35. The van der Waals surface area contributed by atoms with Crippen LogP contribution in [0.15, 0.2) is 59.2 Å². The van der Waals surface area contributed by atoms with Gasteiger partial charge in [0.2, 0.25) is 0 Å². The van der Waals surface area contributed by atoms with Gasteiger partial charge in [0.1, 0.15) is 5.60 Å². The van der Waals surface area contributed by atoms with Gasteiger partial charge in [0.15, 0.2) is 23.9 Å². The van der Waals surface area contributed by atoms with Crippen LogP contribution in [0.2, 0.25) is 0 Å². The average Bonchev–Trinajstić information content (AvgIpc) is 3.39. The molecule has 0 atom stereocenters. The number of fused-ring (bicyclic) bond motifs is 1. The van der Waals surface area contributed by atoms with Crippen molar-refractivity contribution in [2.75, 3.05) is 17.2 Å². The highest BCUT2D eigenvalue weighted by atomic mass is 19.4. The van der Waals surface area contributed by atoms with Gasteiger partial charge < -0.3 is 24.5 Å². The van der Waals surface area contributed by atoms with Crippen molar-refractivity contribution >= 4 is 23.2 Å². The second-order valence-corrected chi connectivity index (χ2v) is 8.31. The van der Waals surface area contributed by atoms with Crippen LogP contribution in [0.1, 0.15) is 35.5 Å². The summed E-state index contributed by atoms with van der Waals surface area (Å²) in [4.78, 5) is 24.4. The maximum atomic E-state index is 13.6. The predicted molar refractivity (Wildman–Crippen MR) is 117 cm³/mol. The molecule has 10 heteroatoms. The maximum absolute atomic E-state index is 13.6. The van der Waals surface area contributed by atoms with Crippen molar-refractivity contribution in [2.24, 2.45) is 0 Å². The Kier molecular flexibility index (Phi) is 5.99. The molecule has 178 valence electrons. The molecular formula is C24H21F3N2O5. The largest absolute Gasteiger partial charge is 0.483 e. The molecule has 1 aliphatic rings. The van der Waals surface area contributed by atoms with Gasteiger partial charge >= 0.3 is 6.18 Å². The van der Waals surface area contributed by atoms with Crippen LogP contribution in [0.5, 0.6) is 11.5 Å². The van der Waals surface area contributed by atoms with Crippen molar-refractivity contribution in [1.29, 1.82) is 0 Å². The normalized spacial score (nSPS) is 14.1. The fourth-order valence-corrected chi connectivity index (χ4v) is 3.60. The van der Waals surface area contributed by atoms with E-state index in [9.17, 15) is 22.8 Å². The molecule has 34 heavy (non-hydrogen) atoms. The van der Waals surface area contributed by atoms with Crippen LogP contribution < -0.4 is 20.1 Å². The molecule has 2 heterocycles. The van der Waals surface area contributed by atoms with Gasteiger partial charge in [0.05, 0.1) is 17.5 Å². The van der Waals surface area contributed by atoms with Crippen molar-refractivity contribution < 1.29 is 36.7 Å². The summed E-state index contributed by atoms with van der Waals surface area (Å²) in [7, 11) is 0. The molecule has 0 fully saturated rings. The van der Waals surface area contributed by atoms with E-state index in [0.717, 1.165) is 17.7 Å². The van der Waals surface area contributed by atoms with Gasteiger partial charge in [-0.15, -0.1) is 0 Å². The zero-order chi connectivity index (χ0) is 24.5. The smallest absolute Gasteiger partial charge is 0.418 e. The van der Waals surface area contributed by atoms with Crippen molar-refractivity contribution in [3.63, 3.8) is 0 Å². The van der Waals surface area contributed by atoms with Crippen LogP contribution in [-0.2, 0) is 17.4 Å². The number of rotatable bonds is 6. The SMILES string of the molecule is CC1(C)Cc2cccc(OCC(=O)Nc3ccc(NC(=O)c4ccco4)cc3C(F)(F)F)c2O1. The molecule has 0 bridgehead atoms. The molecule has 0 aliphatic carbocycles. The fraction of sp³-hybridized carbons (Fsp3) is 0.250. The van der Waals surface area contributed by atoms with E-state index in [1.165, 1.54) is 24.5 Å². The van der Waals surface area contributed by atoms with Crippen molar-refractivity contribution in [3.05, 3.63) is 71.7 Å². The number of hydrogen-bond donors (Lipinski definition) is 2. The predicted octanol–water partition coefficient (Wildman–Crippen LogP) is 5.28. The summed E-state index contributed by atoms with van der Waals surface area (Å²) in [5.74, 6) is -0.683. The van der Waals surface area contributed by atoms with Gasteiger partial charge in [-0.25, -0.2) is 0 Å². The van der Waals surface area contributed by atoms with Crippen molar-refractivity contribution in [1.82, 2.24) is 0 Å². The first kappa shape index (κ1) is 23.2. The number of para-hydroxylation sites is 1. The van der Waals surface area contributed by atoms with Gasteiger partial charge in [-0.1, -0.05) is 12.1 Å². The minimum absolute atomic E-state index is 0.0529. The third-order valence-electron chi connectivity index (χ3n) is 5.02. The molecule has 0 saturated carbocycles. The van der Waals surface area contributed by atoms with Gasteiger partial charge in [0, 0.05) is 17.7 Å². The number of anilines is 2. The van der Waals surface area contributed by atoms with E-state index in [0.29, 0.717) is 17.9 Å². The van der Waals surface area contributed by atoms with Crippen LogP contribution in [0.4, 0.5) is 24.5 Å². The van der Waals surface area contributed by atoms with Crippen molar-refractivity contribution in [3.8, 4) is 11.5 Å². The first-order valence-corrected chi connectivity index (χ1v) is 10.3. The molecule has 4 rings (SSSR count). The molecule has 0 unspecified atom stereocenters. The van der Waals surface area contributed by atoms with E-state index in [4.69, 9.17) is 13.9 Å². The van der Waals surface area contributed by atoms with Crippen LogP contribution >= 0.6 is 0 Å². The lowest BCUT2D eigenvalue weighted by Gasteiger charge is -2.18. The highest BCUT2D eigenvalue weighted by Crippen LogP contribution is 2.42. The Morgan fingerprint density at radius 2 is 1.88 bits per heavy atom. The lowest BCUT2D eigenvalue weighted by atomic mass is 10.0. The van der Waals surface area contributed by atoms with Crippen LogP contribution in [-0.4, -0.2) is 24.0 Å². The number of carbonyl (C=O) groups excluding carboxylic acids is 2. The summed E-state index contributed by atoms with van der Waals surface area (Å²) in [6, 6.07) is 11.2. The molecule has 3 aromatic rings. The first-order valence-electron chi connectivity index (χ1n) is 10.3. The minimum atomic E-state index is -4.78. The molecule has 1 aromatic heterocycles. The Bertz CT molecular complexity index is 1220. The lowest BCUT2D eigenvalue weighted by molar-refractivity contribution is -0.137. The Balaban J connectivity index is 1.45. The zero-order valence-electron chi connectivity index (χ0n) is 18.3. The summed E-state index contributed by atoms with van der Waals surface area (Å²) < 4.78 is 57.2. The second kappa shape index (κ2) is 8.77. The van der Waals surface area contributed by atoms with E-state index in [1.807, 2.05) is 19.9 Å². The minimum Gasteiger partial charge on any atom is -0.483 e. The third-order valence-corrected chi connectivity index (χ3v) is 5.02. The van der Waals surface area contributed by atoms with E-state index in [2.05, 4.69) is 10.6 Å². The highest BCUT2D eigenvalue weighted by molar-refractivity contribution is 6.02. The standard InChI is InChI=1S/C24H21F3N2O5/c1-23(2)12-14-5-3-6-18(21(14)34-23)33-13-20(30)29-17-9-8-15(11-16(17)24(25,26)27)28-22(31)19-7-4-10-32-19/h3-11H,12-13H2,1-2H3,(H,28,31)(H,29,30). The molecule has 2 N–H and O–H groups in total. The molecular weight excluding hydrogens is 453 g/mol. The quantitative estimate of drug-likeness (QED) is 0.507. The summed E-state index contributed by atoms with van der Waals surface area (Å²) in [5.41, 5.74) is -1.19. The zero-order valence-corrected chi connectivity index (χ0v) is 18.3. The average molecular weight is 474 g/mol.